The number of amides is 1. The van der Waals surface area contributed by atoms with E-state index < -0.39 is 0 Å². The van der Waals surface area contributed by atoms with Gasteiger partial charge in [0.1, 0.15) is 6.33 Å². The van der Waals surface area contributed by atoms with E-state index in [0.717, 1.165) is 12.0 Å². The number of aromatic nitrogens is 3. The van der Waals surface area contributed by atoms with Crippen molar-refractivity contribution in [3.05, 3.63) is 42.2 Å². The van der Waals surface area contributed by atoms with Gasteiger partial charge in [-0.3, -0.25) is 4.79 Å². The molecule has 0 aliphatic carbocycles. The van der Waals surface area contributed by atoms with Crippen LogP contribution in [0.1, 0.15) is 31.9 Å². The van der Waals surface area contributed by atoms with Gasteiger partial charge in [-0.25, -0.2) is 4.68 Å². The van der Waals surface area contributed by atoms with Crippen LogP contribution in [0.5, 0.6) is 0 Å². The lowest BCUT2D eigenvalue weighted by atomic mass is 9.97. The third-order valence-corrected chi connectivity index (χ3v) is 4.07. The first-order chi connectivity index (χ1) is 10.6. The van der Waals surface area contributed by atoms with Crippen molar-refractivity contribution in [2.24, 2.45) is 5.92 Å². The summed E-state index contributed by atoms with van der Waals surface area (Å²) in [5, 5.41) is 11.1. The van der Waals surface area contributed by atoms with Crippen molar-refractivity contribution in [2.75, 3.05) is 11.6 Å². The molecule has 0 radical (unpaired) electrons. The van der Waals surface area contributed by atoms with Crippen LogP contribution in [0.3, 0.4) is 0 Å². The molecule has 118 valence electrons. The predicted molar refractivity (Wildman–Crippen MR) is 87.7 cm³/mol. The van der Waals surface area contributed by atoms with Gasteiger partial charge in [0, 0.05) is 0 Å². The van der Waals surface area contributed by atoms with Gasteiger partial charge in [-0.15, -0.1) is 10.2 Å². The van der Waals surface area contributed by atoms with Crippen LogP contribution in [0.4, 0.5) is 0 Å². The number of carbonyl (C=O) groups is 1. The summed E-state index contributed by atoms with van der Waals surface area (Å²) >= 11 is 1.27. The van der Waals surface area contributed by atoms with Crippen molar-refractivity contribution in [2.45, 2.75) is 31.5 Å². The quantitative estimate of drug-likeness (QED) is 0.602. The molecule has 0 saturated heterocycles. The Balaban J connectivity index is 1.95. The molecule has 0 aliphatic rings. The molecule has 2 aromatic rings. The van der Waals surface area contributed by atoms with Crippen molar-refractivity contribution in [3.63, 3.8) is 0 Å². The van der Waals surface area contributed by atoms with E-state index in [9.17, 15) is 4.79 Å². The fourth-order valence-electron chi connectivity index (χ4n) is 2.14. The van der Waals surface area contributed by atoms with Crippen molar-refractivity contribution >= 4 is 17.7 Å². The molecule has 0 saturated carbocycles. The Morgan fingerprint density at radius 3 is 2.68 bits per heavy atom. The van der Waals surface area contributed by atoms with Crippen LogP contribution in [0.15, 0.2) is 41.8 Å². The molecule has 2 rings (SSSR count). The summed E-state index contributed by atoms with van der Waals surface area (Å²) in [6.07, 6.45) is 2.30. The van der Waals surface area contributed by atoms with Gasteiger partial charge < -0.3 is 11.2 Å². The zero-order valence-electron chi connectivity index (χ0n) is 12.8. The topological polar surface area (TPSA) is 85.8 Å². The van der Waals surface area contributed by atoms with Crippen LogP contribution >= 0.6 is 11.8 Å². The average molecular weight is 319 g/mol. The highest BCUT2D eigenvalue weighted by Gasteiger charge is 2.16. The standard InChI is InChI=1S/C15H21N5OS/c1-11(2)8-13(12-6-4-3-5-7-12)18-14(21)9-22-15-19-17-10-20(15)16/h3-7,10-11,13H,8-9,16H2,1-2H3,(H,18,21)/t13-/m0/s1. The van der Waals surface area contributed by atoms with E-state index in [1.54, 1.807) is 0 Å². The zero-order chi connectivity index (χ0) is 15.9. The SMILES string of the molecule is CC(C)C[C@H](NC(=O)CSc1nncn1N)c1ccccc1. The lowest BCUT2D eigenvalue weighted by Crippen LogP contribution is -2.31. The van der Waals surface area contributed by atoms with Crippen LogP contribution in [0.2, 0.25) is 0 Å². The highest BCUT2D eigenvalue weighted by atomic mass is 32.2. The summed E-state index contributed by atoms with van der Waals surface area (Å²) < 4.78 is 1.31. The molecule has 0 unspecified atom stereocenters. The molecule has 0 aliphatic heterocycles. The summed E-state index contributed by atoms with van der Waals surface area (Å²) in [5.41, 5.74) is 1.12. The Hall–Kier alpha value is -2.02. The van der Waals surface area contributed by atoms with E-state index in [1.807, 2.05) is 30.3 Å². The van der Waals surface area contributed by atoms with E-state index in [-0.39, 0.29) is 17.7 Å². The van der Waals surface area contributed by atoms with Crippen LogP contribution in [-0.4, -0.2) is 26.5 Å². The lowest BCUT2D eigenvalue weighted by molar-refractivity contribution is -0.119. The van der Waals surface area contributed by atoms with Crippen LogP contribution in [0.25, 0.3) is 0 Å². The maximum absolute atomic E-state index is 12.2. The van der Waals surface area contributed by atoms with Gasteiger partial charge >= 0.3 is 0 Å². The Morgan fingerprint density at radius 1 is 1.36 bits per heavy atom. The molecule has 1 amide bonds. The van der Waals surface area contributed by atoms with Gasteiger partial charge in [-0.2, -0.15) is 0 Å². The van der Waals surface area contributed by atoms with Crippen LogP contribution in [-0.2, 0) is 4.79 Å². The van der Waals surface area contributed by atoms with Gasteiger partial charge in [-0.1, -0.05) is 55.9 Å². The third kappa shape index (κ3) is 4.77. The number of nitrogen functional groups attached to an aromatic ring is 1. The molecule has 0 fully saturated rings. The van der Waals surface area contributed by atoms with Crippen LogP contribution < -0.4 is 11.2 Å². The van der Waals surface area contributed by atoms with Gasteiger partial charge in [0.2, 0.25) is 11.1 Å². The number of benzene rings is 1. The second kappa shape index (κ2) is 7.84. The maximum Gasteiger partial charge on any atom is 0.230 e. The Labute approximate surface area is 134 Å². The zero-order valence-corrected chi connectivity index (χ0v) is 13.6. The minimum absolute atomic E-state index is 0.0186. The van der Waals surface area contributed by atoms with Gasteiger partial charge in [0.15, 0.2) is 0 Å². The number of thioether (sulfide) groups is 1. The fraction of sp³-hybridized carbons (Fsp3) is 0.400. The second-order valence-electron chi connectivity index (χ2n) is 5.47. The van der Waals surface area contributed by atoms with Crippen LogP contribution in [0, 0.1) is 5.92 Å². The van der Waals surface area contributed by atoms with E-state index in [4.69, 9.17) is 5.84 Å². The molecule has 0 spiro atoms. The number of carbonyl (C=O) groups excluding carboxylic acids is 1. The molecular formula is C15H21N5OS. The van der Waals surface area contributed by atoms with E-state index in [2.05, 4.69) is 29.4 Å². The van der Waals surface area contributed by atoms with Gasteiger partial charge in [0.05, 0.1) is 11.8 Å². The fourth-order valence-corrected chi connectivity index (χ4v) is 2.78. The predicted octanol–water partition coefficient (Wildman–Crippen LogP) is 1.99. The lowest BCUT2D eigenvalue weighted by Gasteiger charge is -2.21. The van der Waals surface area contributed by atoms with E-state index >= 15 is 0 Å². The van der Waals surface area contributed by atoms with Crippen molar-refractivity contribution in [1.82, 2.24) is 20.2 Å². The number of nitrogens with one attached hydrogen (secondary N) is 1. The Kier molecular flexibility index (Phi) is 5.83. The molecular weight excluding hydrogens is 298 g/mol. The summed E-state index contributed by atoms with van der Waals surface area (Å²) in [6.45, 7) is 4.29. The number of hydrogen-bond donors (Lipinski definition) is 2. The van der Waals surface area contributed by atoms with Gasteiger partial charge in [-0.05, 0) is 17.9 Å². The molecule has 1 aromatic carbocycles. The smallest absolute Gasteiger partial charge is 0.230 e. The largest absolute Gasteiger partial charge is 0.349 e. The molecule has 22 heavy (non-hydrogen) atoms. The van der Waals surface area contributed by atoms with E-state index in [1.165, 1.54) is 22.8 Å². The average Bonchev–Trinajstić information content (AvgIpc) is 2.90. The third-order valence-electron chi connectivity index (χ3n) is 3.12. The first kappa shape index (κ1) is 16.4. The summed E-state index contributed by atoms with van der Waals surface area (Å²) in [6, 6.07) is 10.0. The summed E-state index contributed by atoms with van der Waals surface area (Å²) in [4.78, 5) is 12.2. The molecule has 3 N–H and O–H groups in total. The summed E-state index contributed by atoms with van der Waals surface area (Å²) in [7, 11) is 0. The molecule has 1 heterocycles. The number of rotatable bonds is 7. The first-order valence-corrected chi connectivity index (χ1v) is 8.17. The highest BCUT2D eigenvalue weighted by molar-refractivity contribution is 7.99. The molecule has 0 bridgehead atoms. The highest BCUT2D eigenvalue weighted by Crippen LogP contribution is 2.21. The maximum atomic E-state index is 12.2. The Morgan fingerprint density at radius 2 is 2.09 bits per heavy atom. The molecule has 1 atom stereocenters. The first-order valence-electron chi connectivity index (χ1n) is 7.18. The van der Waals surface area contributed by atoms with Gasteiger partial charge in [0.25, 0.3) is 0 Å². The van der Waals surface area contributed by atoms with Crippen molar-refractivity contribution in [3.8, 4) is 0 Å². The normalized spacial score (nSPS) is 12.3. The molecule has 6 nitrogen and oxygen atoms in total. The second-order valence-corrected chi connectivity index (χ2v) is 6.41. The molecule has 7 heteroatoms. The minimum atomic E-state index is -0.0393. The monoisotopic (exact) mass is 319 g/mol. The number of hydrogen-bond acceptors (Lipinski definition) is 5. The molecule has 1 aromatic heterocycles. The van der Waals surface area contributed by atoms with Crippen molar-refractivity contribution < 1.29 is 4.79 Å². The summed E-state index contributed by atoms with van der Waals surface area (Å²) in [5.74, 6) is 6.34. The number of nitrogens with zero attached hydrogens (tertiary/aromatic N) is 3. The minimum Gasteiger partial charge on any atom is -0.349 e. The van der Waals surface area contributed by atoms with E-state index in [0.29, 0.717) is 11.1 Å². The Bertz CT molecular complexity index is 599. The van der Waals surface area contributed by atoms with Crippen molar-refractivity contribution in [1.29, 1.82) is 0 Å². The number of nitrogens with two attached hydrogens (primary N) is 1.